The standard InChI is InChI=1S/C25H20N6O4/c32-22(26-9-11-1-2-18-15(5-11)30-24(34)35-18)16-7-17(31-19(29-16)3-4-28-31)23(33)27-10-25-8-13-12-6-14(25)20(12)21(13)25/h1-5,7-8,12,14,20-21H,6,9-10H2,(H,26,32)(H,27,33)(H,30,34). The van der Waals surface area contributed by atoms with E-state index in [4.69, 9.17) is 4.42 Å². The molecule has 35 heavy (non-hydrogen) atoms. The minimum Gasteiger partial charge on any atom is -0.408 e. The van der Waals surface area contributed by atoms with Gasteiger partial charge in [0, 0.05) is 30.6 Å². The zero-order valence-electron chi connectivity index (χ0n) is 18.4. The van der Waals surface area contributed by atoms with Crippen molar-refractivity contribution >= 4 is 28.6 Å². The number of hydrogen-bond donors (Lipinski definition) is 3. The Morgan fingerprint density at radius 1 is 1.20 bits per heavy atom. The fourth-order valence-corrected chi connectivity index (χ4v) is 6.98. The Labute approximate surface area is 197 Å². The van der Waals surface area contributed by atoms with Crippen molar-refractivity contribution in [3.63, 3.8) is 0 Å². The Hall–Kier alpha value is -4.21. The predicted molar refractivity (Wildman–Crippen MR) is 122 cm³/mol. The SMILES string of the molecule is O=C(NCc1ccc2oc(=O)[nH]c2c1)c1cc(C(=O)NCC23C=C4C5CC2C5C43)n2nccc2n1. The lowest BCUT2D eigenvalue weighted by Gasteiger charge is -2.85. The predicted octanol–water partition coefficient (Wildman–Crippen LogP) is 1.65. The summed E-state index contributed by atoms with van der Waals surface area (Å²) < 4.78 is 6.47. The molecule has 4 aliphatic carbocycles. The summed E-state index contributed by atoms with van der Waals surface area (Å²) >= 11 is 0. The van der Waals surface area contributed by atoms with Gasteiger partial charge in [0.1, 0.15) is 11.4 Å². The van der Waals surface area contributed by atoms with Crippen LogP contribution >= 0.6 is 0 Å². The van der Waals surface area contributed by atoms with Crippen LogP contribution in [0.15, 0.2) is 57.4 Å². The molecule has 10 heteroatoms. The van der Waals surface area contributed by atoms with Gasteiger partial charge in [-0.3, -0.25) is 14.6 Å². The molecule has 5 atom stereocenters. The number of carbonyl (C=O) groups is 2. The highest BCUT2D eigenvalue weighted by Gasteiger charge is 2.81. The van der Waals surface area contributed by atoms with Gasteiger partial charge in [-0.15, -0.1) is 0 Å². The van der Waals surface area contributed by atoms with Gasteiger partial charge < -0.3 is 15.1 Å². The molecule has 0 radical (unpaired) electrons. The molecule has 0 saturated heterocycles. The molecule has 3 saturated carbocycles. The quantitative estimate of drug-likeness (QED) is 0.369. The zero-order valence-corrected chi connectivity index (χ0v) is 18.4. The van der Waals surface area contributed by atoms with E-state index in [0.29, 0.717) is 29.2 Å². The van der Waals surface area contributed by atoms with Crippen molar-refractivity contribution in [1.29, 1.82) is 0 Å². The molecule has 0 aliphatic heterocycles. The van der Waals surface area contributed by atoms with Crippen LogP contribution in [0, 0.1) is 29.1 Å². The molecule has 8 rings (SSSR count). The Balaban J connectivity index is 1.01. The third kappa shape index (κ3) is 2.36. The first-order valence-electron chi connectivity index (χ1n) is 11.8. The van der Waals surface area contributed by atoms with Gasteiger partial charge in [0.25, 0.3) is 11.8 Å². The molecule has 5 unspecified atom stereocenters. The first kappa shape index (κ1) is 19.1. The van der Waals surface area contributed by atoms with Crippen molar-refractivity contribution in [2.45, 2.75) is 13.0 Å². The maximum atomic E-state index is 13.2. The van der Waals surface area contributed by atoms with Gasteiger partial charge in [-0.2, -0.15) is 5.10 Å². The monoisotopic (exact) mass is 468 g/mol. The van der Waals surface area contributed by atoms with Crippen LogP contribution < -0.4 is 16.4 Å². The number of nitrogens with one attached hydrogen (secondary N) is 3. The molecule has 4 aromatic rings. The van der Waals surface area contributed by atoms with E-state index in [2.05, 4.69) is 31.8 Å². The molecule has 0 bridgehead atoms. The lowest BCUT2D eigenvalue weighted by molar-refractivity contribution is -0.263. The van der Waals surface area contributed by atoms with Crippen molar-refractivity contribution in [2.24, 2.45) is 29.1 Å². The number of H-pyrrole nitrogens is 1. The van der Waals surface area contributed by atoms with Crippen molar-refractivity contribution in [3.05, 3.63) is 75.7 Å². The largest absolute Gasteiger partial charge is 0.417 e. The van der Waals surface area contributed by atoms with Crippen LogP contribution in [-0.4, -0.2) is 37.9 Å². The lowest BCUT2D eigenvalue weighted by Crippen LogP contribution is -2.81. The highest BCUT2D eigenvalue weighted by Crippen LogP contribution is 2.86. The summed E-state index contributed by atoms with van der Waals surface area (Å²) in [7, 11) is 0. The van der Waals surface area contributed by atoms with Gasteiger partial charge in [0.2, 0.25) is 0 Å². The molecule has 0 spiro atoms. The van der Waals surface area contributed by atoms with Gasteiger partial charge in [0.05, 0.1) is 11.7 Å². The van der Waals surface area contributed by atoms with Crippen LogP contribution in [0.1, 0.15) is 33.0 Å². The van der Waals surface area contributed by atoms with Crippen LogP contribution in [0.3, 0.4) is 0 Å². The smallest absolute Gasteiger partial charge is 0.408 e. The van der Waals surface area contributed by atoms with E-state index >= 15 is 0 Å². The molecule has 3 fully saturated rings. The highest BCUT2D eigenvalue weighted by molar-refractivity contribution is 5.98. The minimum absolute atomic E-state index is 0.134. The molecule has 3 heterocycles. The molecule has 3 aromatic heterocycles. The second kappa shape index (κ2) is 6.26. The number of nitrogens with zero attached hydrogens (tertiary/aromatic N) is 3. The summed E-state index contributed by atoms with van der Waals surface area (Å²) in [5.74, 6) is 1.92. The third-order valence-corrected chi connectivity index (χ3v) is 8.63. The van der Waals surface area contributed by atoms with Crippen LogP contribution in [0.2, 0.25) is 0 Å². The summed E-state index contributed by atoms with van der Waals surface area (Å²) in [6.45, 7) is 0.844. The van der Waals surface area contributed by atoms with Crippen molar-refractivity contribution in [1.82, 2.24) is 30.2 Å². The minimum atomic E-state index is -0.527. The molecule has 1 aromatic carbocycles. The number of fused-ring (bicyclic) bond motifs is 4. The van der Waals surface area contributed by atoms with Gasteiger partial charge in [0.15, 0.2) is 11.2 Å². The van der Waals surface area contributed by atoms with E-state index in [1.54, 1.807) is 36.0 Å². The van der Waals surface area contributed by atoms with Crippen molar-refractivity contribution in [3.8, 4) is 0 Å². The number of benzene rings is 1. The normalized spacial score (nSPS) is 28.7. The Morgan fingerprint density at radius 3 is 2.91 bits per heavy atom. The Morgan fingerprint density at radius 2 is 2.11 bits per heavy atom. The van der Waals surface area contributed by atoms with E-state index < -0.39 is 11.7 Å². The van der Waals surface area contributed by atoms with Crippen LogP contribution in [-0.2, 0) is 6.54 Å². The van der Waals surface area contributed by atoms with Gasteiger partial charge in [-0.05, 0) is 47.8 Å². The second-order valence-electron chi connectivity index (χ2n) is 10.1. The molecule has 10 nitrogen and oxygen atoms in total. The number of hydrogen-bond acceptors (Lipinski definition) is 6. The van der Waals surface area contributed by atoms with Crippen LogP contribution in [0.4, 0.5) is 0 Å². The van der Waals surface area contributed by atoms with Crippen LogP contribution in [0.25, 0.3) is 16.7 Å². The topological polar surface area (TPSA) is 134 Å². The Bertz CT molecular complexity index is 1690. The van der Waals surface area contributed by atoms with Crippen molar-refractivity contribution < 1.29 is 14.0 Å². The van der Waals surface area contributed by atoms with E-state index in [-0.39, 0.29) is 29.3 Å². The fourth-order valence-electron chi connectivity index (χ4n) is 6.98. The molecule has 3 N–H and O–H groups in total. The number of aromatic nitrogens is 4. The van der Waals surface area contributed by atoms with E-state index in [9.17, 15) is 14.4 Å². The van der Waals surface area contributed by atoms with Gasteiger partial charge in [-0.25, -0.2) is 14.3 Å². The summed E-state index contributed by atoms with van der Waals surface area (Å²) in [4.78, 5) is 44.4. The molecule has 2 amide bonds. The second-order valence-corrected chi connectivity index (χ2v) is 10.1. The number of aromatic amines is 1. The molecular weight excluding hydrogens is 448 g/mol. The number of amides is 2. The summed E-state index contributed by atoms with van der Waals surface area (Å²) in [6, 6.07) is 8.32. The summed E-state index contributed by atoms with van der Waals surface area (Å²) in [6.07, 6.45) is 5.22. The molecular formula is C25H20N6O4. The number of allylic oxidation sites excluding steroid dienone is 1. The lowest BCUT2D eigenvalue weighted by atomic mass is 9.19. The third-order valence-electron chi connectivity index (χ3n) is 8.63. The van der Waals surface area contributed by atoms with Gasteiger partial charge in [-0.1, -0.05) is 17.7 Å². The summed E-state index contributed by atoms with van der Waals surface area (Å²) in [5.41, 5.74) is 4.40. The molecule has 174 valence electrons. The first-order valence-corrected chi connectivity index (χ1v) is 11.8. The van der Waals surface area contributed by atoms with Crippen LogP contribution in [0.5, 0.6) is 0 Å². The number of rotatable bonds is 6. The number of oxazole rings is 1. The van der Waals surface area contributed by atoms with Crippen molar-refractivity contribution in [2.75, 3.05) is 6.54 Å². The van der Waals surface area contributed by atoms with E-state index in [0.717, 1.165) is 23.3 Å². The summed E-state index contributed by atoms with van der Waals surface area (Å²) in [5, 5.41) is 10.2. The zero-order chi connectivity index (χ0) is 23.5. The maximum absolute atomic E-state index is 13.2. The average molecular weight is 468 g/mol. The van der Waals surface area contributed by atoms with Gasteiger partial charge >= 0.3 is 5.76 Å². The number of carbonyl (C=O) groups excluding carboxylic acids is 2. The molecule has 4 aliphatic rings. The Kier molecular flexibility index (Phi) is 3.42. The fraction of sp³-hybridized carbons (Fsp3) is 0.320. The average Bonchev–Trinajstić information content (AvgIpc) is 3.48. The maximum Gasteiger partial charge on any atom is 0.417 e. The highest BCUT2D eigenvalue weighted by atomic mass is 16.4. The van der Waals surface area contributed by atoms with E-state index in [1.165, 1.54) is 17.0 Å². The van der Waals surface area contributed by atoms with E-state index in [1.807, 2.05) is 0 Å². The first-order chi connectivity index (χ1) is 17.0.